The Hall–Kier alpha value is -2.38. The fraction of sp³-hybridized carbons (Fsp3) is 0.684. The first kappa shape index (κ1) is 18.0. The number of aromatic nitrogens is 2. The molecule has 3 fully saturated rings. The molecule has 2 bridgehead atoms. The molecule has 8 nitrogen and oxygen atoms in total. The number of nitrogens with zero attached hydrogens (tertiary/aromatic N) is 4. The molecular weight excluding hydrogens is 348 g/mol. The standard InChI is InChI=1S/C19H26N4O4/c1-11(24)22-10-12-9-19(2)14(22)6-5-7-15(19)23(12)17(26)13-8-16(25)21(4)18(27)20(13)3/h8,12,14-15H,5-7,9-10H2,1-4H3/t12-,14+,15-,19+/m0/s1. The van der Waals surface area contributed by atoms with Crippen LogP contribution in [0.5, 0.6) is 0 Å². The Balaban J connectivity index is 1.80. The molecule has 3 heterocycles. The SMILES string of the molecule is CC(=O)N1C[C@@H]2C[C@@]3(C)[C@H](CCC[C@@H]13)N2C(=O)c1cc(=O)n(C)c(=O)n1C. The third-order valence-corrected chi connectivity index (χ3v) is 7.05. The summed E-state index contributed by atoms with van der Waals surface area (Å²) in [6.45, 7) is 4.30. The van der Waals surface area contributed by atoms with E-state index in [0.717, 1.165) is 30.3 Å². The quantitative estimate of drug-likeness (QED) is 0.697. The average molecular weight is 374 g/mol. The number of carbonyl (C=O) groups excluding carboxylic acids is 2. The molecule has 0 aromatic carbocycles. The van der Waals surface area contributed by atoms with Crippen molar-refractivity contribution in [1.82, 2.24) is 18.9 Å². The van der Waals surface area contributed by atoms with Gasteiger partial charge in [0.1, 0.15) is 5.69 Å². The van der Waals surface area contributed by atoms with E-state index >= 15 is 0 Å². The lowest BCUT2D eigenvalue weighted by molar-refractivity contribution is -0.137. The molecular formula is C19H26N4O4. The summed E-state index contributed by atoms with van der Waals surface area (Å²) in [6, 6.07) is 1.34. The number of piperidine rings is 1. The zero-order chi connectivity index (χ0) is 19.7. The van der Waals surface area contributed by atoms with Gasteiger partial charge in [-0.2, -0.15) is 0 Å². The zero-order valence-electron chi connectivity index (χ0n) is 16.3. The predicted molar refractivity (Wildman–Crippen MR) is 98.4 cm³/mol. The topological polar surface area (TPSA) is 84.6 Å². The maximum atomic E-state index is 13.5. The van der Waals surface area contributed by atoms with Crippen LogP contribution in [0, 0.1) is 5.41 Å². The number of rotatable bonds is 1. The van der Waals surface area contributed by atoms with Crippen LogP contribution in [0.15, 0.2) is 15.7 Å². The summed E-state index contributed by atoms with van der Waals surface area (Å²) in [4.78, 5) is 53.9. The van der Waals surface area contributed by atoms with Crippen LogP contribution < -0.4 is 11.2 Å². The highest BCUT2D eigenvalue weighted by atomic mass is 16.2. The molecule has 2 saturated heterocycles. The van der Waals surface area contributed by atoms with E-state index in [1.807, 2.05) is 9.80 Å². The van der Waals surface area contributed by atoms with Crippen molar-refractivity contribution in [2.24, 2.45) is 19.5 Å². The number of carbonyl (C=O) groups is 2. The van der Waals surface area contributed by atoms with E-state index in [0.29, 0.717) is 6.54 Å². The smallest absolute Gasteiger partial charge is 0.331 e. The maximum Gasteiger partial charge on any atom is 0.331 e. The minimum absolute atomic E-state index is 0.0252. The molecule has 146 valence electrons. The molecule has 8 heteroatoms. The maximum absolute atomic E-state index is 13.5. The van der Waals surface area contributed by atoms with Crippen molar-refractivity contribution in [3.05, 3.63) is 32.6 Å². The van der Waals surface area contributed by atoms with Crippen LogP contribution in [0.4, 0.5) is 0 Å². The second kappa shape index (κ2) is 5.81. The molecule has 0 unspecified atom stereocenters. The lowest BCUT2D eigenvalue weighted by Gasteiger charge is -2.49. The Bertz CT molecular complexity index is 948. The van der Waals surface area contributed by atoms with Crippen molar-refractivity contribution >= 4 is 11.8 Å². The number of hydrogen-bond donors (Lipinski definition) is 0. The minimum Gasteiger partial charge on any atom is -0.337 e. The number of amides is 2. The number of fused-ring (bicyclic) bond motifs is 1. The summed E-state index contributed by atoms with van der Waals surface area (Å²) < 4.78 is 2.24. The Morgan fingerprint density at radius 3 is 2.44 bits per heavy atom. The third-order valence-electron chi connectivity index (χ3n) is 7.05. The van der Waals surface area contributed by atoms with Crippen LogP contribution in [-0.4, -0.2) is 55.4 Å². The first-order chi connectivity index (χ1) is 12.7. The second-order valence-corrected chi connectivity index (χ2v) is 8.48. The van der Waals surface area contributed by atoms with Crippen molar-refractivity contribution in [1.29, 1.82) is 0 Å². The summed E-state index contributed by atoms with van der Waals surface area (Å²) in [5, 5.41) is 0. The Labute approximate surface area is 157 Å². The van der Waals surface area contributed by atoms with Gasteiger partial charge in [0.15, 0.2) is 0 Å². The lowest BCUT2D eigenvalue weighted by atomic mass is 9.66. The zero-order valence-corrected chi connectivity index (χ0v) is 16.3. The fourth-order valence-corrected chi connectivity index (χ4v) is 5.72. The number of likely N-dealkylation sites (tertiary alicyclic amines) is 2. The third kappa shape index (κ3) is 2.34. The van der Waals surface area contributed by atoms with Gasteiger partial charge in [-0.25, -0.2) is 4.79 Å². The van der Waals surface area contributed by atoms with Gasteiger partial charge in [-0.05, 0) is 25.7 Å². The van der Waals surface area contributed by atoms with E-state index in [9.17, 15) is 19.2 Å². The molecule has 1 saturated carbocycles. The van der Waals surface area contributed by atoms with E-state index in [-0.39, 0.29) is 41.0 Å². The molecule has 2 aliphatic heterocycles. The van der Waals surface area contributed by atoms with Gasteiger partial charge in [0, 0.05) is 51.1 Å². The molecule has 0 radical (unpaired) electrons. The van der Waals surface area contributed by atoms with E-state index in [1.54, 1.807) is 6.92 Å². The van der Waals surface area contributed by atoms with Crippen molar-refractivity contribution in [3.8, 4) is 0 Å². The Morgan fingerprint density at radius 2 is 1.78 bits per heavy atom. The fourth-order valence-electron chi connectivity index (χ4n) is 5.72. The van der Waals surface area contributed by atoms with E-state index < -0.39 is 11.2 Å². The van der Waals surface area contributed by atoms with Gasteiger partial charge in [0.2, 0.25) is 5.91 Å². The molecule has 4 rings (SSSR count). The van der Waals surface area contributed by atoms with Crippen LogP contribution in [0.25, 0.3) is 0 Å². The second-order valence-electron chi connectivity index (χ2n) is 8.48. The molecule has 3 aliphatic rings. The molecule has 2 amide bonds. The monoisotopic (exact) mass is 374 g/mol. The van der Waals surface area contributed by atoms with Gasteiger partial charge in [-0.3, -0.25) is 23.5 Å². The van der Waals surface area contributed by atoms with Crippen LogP contribution >= 0.6 is 0 Å². The van der Waals surface area contributed by atoms with Gasteiger partial charge in [-0.1, -0.05) is 6.92 Å². The molecule has 1 aromatic rings. The van der Waals surface area contributed by atoms with Gasteiger partial charge in [0.25, 0.3) is 11.5 Å². The molecule has 0 N–H and O–H groups in total. The predicted octanol–water partition coefficient (Wildman–Crippen LogP) is 0.0880. The highest BCUT2D eigenvalue weighted by Crippen LogP contribution is 2.54. The Morgan fingerprint density at radius 1 is 1.11 bits per heavy atom. The minimum atomic E-state index is -0.508. The number of hydrogen-bond acceptors (Lipinski definition) is 4. The molecule has 1 aliphatic carbocycles. The van der Waals surface area contributed by atoms with E-state index in [4.69, 9.17) is 0 Å². The summed E-state index contributed by atoms with van der Waals surface area (Å²) in [5.74, 6) is -0.232. The van der Waals surface area contributed by atoms with Gasteiger partial charge in [0.05, 0.1) is 6.04 Å². The van der Waals surface area contributed by atoms with Crippen molar-refractivity contribution < 1.29 is 9.59 Å². The first-order valence-electron chi connectivity index (χ1n) is 9.53. The molecule has 1 aromatic heterocycles. The molecule has 4 atom stereocenters. The highest BCUT2D eigenvalue weighted by Gasteiger charge is 2.61. The normalized spacial score (nSPS) is 31.9. The van der Waals surface area contributed by atoms with Gasteiger partial charge >= 0.3 is 5.69 Å². The van der Waals surface area contributed by atoms with Gasteiger partial charge in [-0.15, -0.1) is 0 Å². The summed E-state index contributed by atoms with van der Waals surface area (Å²) in [5.41, 5.74) is -1.01. The van der Waals surface area contributed by atoms with Crippen molar-refractivity contribution in [3.63, 3.8) is 0 Å². The van der Waals surface area contributed by atoms with Crippen LogP contribution in [0.2, 0.25) is 0 Å². The average Bonchev–Trinajstić information content (AvgIpc) is 2.91. The van der Waals surface area contributed by atoms with Crippen LogP contribution in [0.1, 0.15) is 50.0 Å². The van der Waals surface area contributed by atoms with Crippen LogP contribution in [-0.2, 0) is 18.9 Å². The summed E-state index contributed by atoms with van der Waals surface area (Å²) in [7, 11) is 2.92. The van der Waals surface area contributed by atoms with Crippen LogP contribution in [0.3, 0.4) is 0 Å². The van der Waals surface area contributed by atoms with Crippen molar-refractivity contribution in [2.45, 2.75) is 57.7 Å². The summed E-state index contributed by atoms with van der Waals surface area (Å²) >= 11 is 0. The highest BCUT2D eigenvalue weighted by molar-refractivity contribution is 5.93. The largest absolute Gasteiger partial charge is 0.337 e. The Kier molecular flexibility index (Phi) is 3.87. The molecule has 27 heavy (non-hydrogen) atoms. The van der Waals surface area contributed by atoms with Crippen molar-refractivity contribution in [2.75, 3.05) is 6.54 Å². The molecule has 0 spiro atoms. The lowest BCUT2D eigenvalue weighted by Crippen LogP contribution is -2.57. The van der Waals surface area contributed by atoms with E-state index in [1.165, 1.54) is 24.7 Å². The van der Waals surface area contributed by atoms with E-state index in [2.05, 4.69) is 6.92 Å². The summed E-state index contributed by atoms with van der Waals surface area (Å²) in [6.07, 6.45) is 3.67. The first-order valence-corrected chi connectivity index (χ1v) is 9.53. The van der Waals surface area contributed by atoms with Gasteiger partial charge < -0.3 is 9.80 Å².